The van der Waals surface area contributed by atoms with Crippen molar-refractivity contribution in [2.45, 2.75) is 25.1 Å². The van der Waals surface area contributed by atoms with Gasteiger partial charge in [0.05, 0.1) is 12.1 Å². The van der Waals surface area contributed by atoms with Crippen molar-refractivity contribution in [3.05, 3.63) is 34.3 Å². The zero-order chi connectivity index (χ0) is 12.3. The molecule has 100 valence electrons. The van der Waals surface area contributed by atoms with Crippen LogP contribution in [-0.4, -0.2) is 29.7 Å². The van der Waals surface area contributed by atoms with E-state index < -0.39 is 6.10 Å². The summed E-state index contributed by atoms with van der Waals surface area (Å²) in [7, 11) is 0. The highest BCUT2D eigenvalue weighted by molar-refractivity contribution is 9.10. The molecule has 0 aliphatic carbocycles. The number of benzene rings is 1. The Kier molecular flexibility index (Phi) is 6.08. The fraction of sp³-hybridized carbons (Fsp3) is 0.417. The summed E-state index contributed by atoms with van der Waals surface area (Å²) in [5.41, 5.74) is 1.06. The van der Waals surface area contributed by atoms with Crippen molar-refractivity contribution in [3.63, 3.8) is 0 Å². The SMILES string of the molecule is Cl.O=C(NCc1ccc(Br)cc1)C1CC(O)CN1. The minimum Gasteiger partial charge on any atom is -0.392 e. The molecular formula is C12H16BrClN2O2. The standard InChI is InChI=1S/C12H15BrN2O2.ClH/c13-9-3-1-8(2-4-9)6-15-12(17)11-5-10(16)7-14-11;/h1-4,10-11,14,16H,5-7H2,(H,15,17);1H. The molecule has 0 bridgehead atoms. The van der Waals surface area contributed by atoms with Gasteiger partial charge < -0.3 is 15.7 Å². The number of aliphatic hydroxyl groups excluding tert-OH is 1. The van der Waals surface area contributed by atoms with Gasteiger partial charge in [-0.2, -0.15) is 0 Å². The zero-order valence-corrected chi connectivity index (χ0v) is 12.1. The van der Waals surface area contributed by atoms with E-state index in [0.29, 0.717) is 19.5 Å². The highest BCUT2D eigenvalue weighted by atomic mass is 79.9. The van der Waals surface area contributed by atoms with Crippen LogP contribution in [0.4, 0.5) is 0 Å². The van der Waals surface area contributed by atoms with E-state index in [1.165, 1.54) is 0 Å². The molecule has 0 saturated carbocycles. The smallest absolute Gasteiger partial charge is 0.237 e. The lowest BCUT2D eigenvalue weighted by Crippen LogP contribution is -2.39. The Morgan fingerprint density at radius 3 is 2.67 bits per heavy atom. The Labute approximate surface area is 121 Å². The number of rotatable bonds is 3. The van der Waals surface area contributed by atoms with Crippen LogP contribution in [0.25, 0.3) is 0 Å². The molecule has 1 heterocycles. The van der Waals surface area contributed by atoms with Gasteiger partial charge in [-0.1, -0.05) is 28.1 Å². The first-order valence-electron chi connectivity index (χ1n) is 5.59. The first-order valence-corrected chi connectivity index (χ1v) is 6.38. The van der Waals surface area contributed by atoms with Gasteiger partial charge in [0, 0.05) is 17.6 Å². The maximum Gasteiger partial charge on any atom is 0.237 e. The van der Waals surface area contributed by atoms with E-state index in [-0.39, 0.29) is 24.4 Å². The van der Waals surface area contributed by atoms with Gasteiger partial charge in [0.25, 0.3) is 0 Å². The molecule has 0 spiro atoms. The number of hydrogen-bond donors (Lipinski definition) is 3. The van der Waals surface area contributed by atoms with Crippen molar-refractivity contribution in [2.24, 2.45) is 0 Å². The molecule has 1 saturated heterocycles. The van der Waals surface area contributed by atoms with E-state index >= 15 is 0 Å². The Morgan fingerprint density at radius 1 is 1.44 bits per heavy atom. The average molecular weight is 336 g/mol. The van der Waals surface area contributed by atoms with Crippen LogP contribution < -0.4 is 10.6 Å². The van der Waals surface area contributed by atoms with E-state index in [1.54, 1.807) is 0 Å². The number of amides is 1. The second-order valence-electron chi connectivity index (χ2n) is 4.19. The summed E-state index contributed by atoms with van der Waals surface area (Å²) in [6, 6.07) is 7.54. The number of carbonyl (C=O) groups is 1. The Balaban J connectivity index is 0.00000162. The molecule has 1 aromatic carbocycles. The van der Waals surface area contributed by atoms with Crippen molar-refractivity contribution in [3.8, 4) is 0 Å². The van der Waals surface area contributed by atoms with Gasteiger partial charge in [-0.3, -0.25) is 4.79 Å². The van der Waals surface area contributed by atoms with Crippen LogP contribution in [0.2, 0.25) is 0 Å². The lowest BCUT2D eigenvalue weighted by Gasteiger charge is -2.11. The molecule has 1 amide bonds. The van der Waals surface area contributed by atoms with Gasteiger partial charge in [-0.25, -0.2) is 0 Å². The van der Waals surface area contributed by atoms with Gasteiger partial charge in [0.15, 0.2) is 0 Å². The maximum absolute atomic E-state index is 11.7. The molecule has 18 heavy (non-hydrogen) atoms. The Hall–Kier alpha value is -0.620. The summed E-state index contributed by atoms with van der Waals surface area (Å²) in [6.07, 6.45) is 0.0880. The topological polar surface area (TPSA) is 61.4 Å². The van der Waals surface area contributed by atoms with Crippen LogP contribution in [0.1, 0.15) is 12.0 Å². The minimum atomic E-state index is -0.404. The van der Waals surface area contributed by atoms with Gasteiger partial charge in [-0.05, 0) is 24.1 Å². The van der Waals surface area contributed by atoms with Gasteiger partial charge in [0.1, 0.15) is 0 Å². The van der Waals surface area contributed by atoms with E-state index in [1.807, 2.05) is 24.3 Å². The average Bonchev–Trinajstić information content (AvgIpc) is 2.75. The van der Waals surface area contributed by atoms with E-state index in [0.717, 1.165) is 10.0 Å². The number of halogens is 2. The quantitative estimate of drug-likeness (QED) is 0.778. The number of aliphatic hydroxyl groups is 1. The predicted octanol–water partition coefficient (Wildman–Crippen LogP) is 1.21. The molecule has 1 aliphatic heterocycles. The summed E-state index contributed by atoms with van der Waals surface area (Å²) >= 11 is 3.36. The molecule has 1 fully saturated rings. The van der Waals surface area contributed by atoms with E-state index in [4.69, 9.17) is 0 Å². The van der Waals surface area contributed by atoms with Crippen LogP contribution in [0.15, 0.2) is 28.7 Å². The summed E-state index contributed by atoms with van der Waals surface area (Å²) in [4.78, 5) is 11.7. The molecule has 2 unspecified atom stereocenters. The lowest BCUT2D eigenvalue weighted by atomic mass is 10.2. The second kappa shape index (κ2) is 7.09. The second-order valence-corrected chi connectivity index (χ2v) is 5.11. The number of nitrogens with one attached hydrogen (secondary N) is 2. The monoisotopic (exact) mass is 334 g/mol. The van der Waals surface area contributed by atoms with Crippen molar-refractivity contribution >= 4 is 34.2 Å². The molecule has 2 atom stereocenters. The minimum absolute atomic E-state index is 0. The highest BCUT2D eigenvalue weighted by Crippen LogP contribution is 2.11. The van der Waals surface area contributed by atoms with Gasteiger partial charge in [0.2, 0.25) is 5.91 Å². The summed E-state index contributed by atoms with van der Waals surface area (Å²) in [5, 5.41) is 15.2. The van der Waals surface area contributed by atoms with Crippen LogP contribution >= 0.6 is 28.3 Å². The molecule has 1 aromatic rings. The van der Waals surface area contributed by atoms with Gasteiger partial charge in [-0.15, -0.1) is 12.4 Å². The Morgan fingerprint density at radius 2 is 2.11 bits per heavy atom. The predicted molar refractivity (Wildman–Crippen MR) is 75.7 cm³/mol. The molecule has 0 aromatic heterocycles. The molecule has 2 rings (SSSR count). The number of carbonyl (C=O) groups excluding carboxylic acids is 1. The molecular weight excluding hydrogens is 320 g/mol. The lowest BCUT2D eigenvalue weighted by molar-refractivity contribution is -0.123. The first kappa shape index (κ1) is 15.4. The van der Waals surface area contributed by atoms with Gasteiger partial charge >= 0.3 is 0 Å². The summed E-state index contributed by atoms with van der Waals surface area (Å²) in [5.74, 6) is -0.0514. The Bertz CT molecular complexity index is 400. The fourth-order valence-corrected chi connectivity index (χ4v) is 2.10. The molecule has 0 radical (unpaired) electrons. The summed E-state index contributed by atoms with van der Waals surface area (Å²) in [6.45, 7) is 1.01. The van der Waals surface area contributed by atoms with E-state index in [9.17, 15) is 9.90 Å². The van der Waals surface area contributed by atoms with Crippen LogP contribution in [-0.2, 0) is 11.3 Å². The number of β-amino-alcohol motifs (C(OH)–C–C–N with tert-alkyl or cyclic N) is 1. The highest BCUT2D eigenvalue weighted by Gasteiger charge is 2.27. The van der Waals surface area contributed by atoms with E-state index in [2.05, 4.69) is 26.6 Å². The molecule has 3 N–H and O–H groups in total. The zero-order valence-electron chi connectivity index (χ0n) is 9.73. The molecule has 6 heteroatoms. The van der Waals surface area contributed by atoms with Crippen molar-refractivity contribution < 1.29 is 9.90 Å². The number of hydrogen-bond acceptors (Lipinski definition) is 3. The van der Waals surface area contributed by atoms with Crippen LogP contribution in [0.5, 0.6) is 0 Å². The fourth-order valence-electron chi connectivity index (χ4n) is 1.83. The largest absolute Gasteiger partial charge is 0.392 e. The van der Waals surface area contributed by atoms with Crippen LogP contribution in [0.3, 0.4) is 0 Å². The van der Waals surface area contributed by atoms with Crippen LogP contribution in [0, 0.1) is 0 Å². The van der Waals surface area contributed by atoms with Crippen molar-refractivity contribution in [1.82, 2.24) is 10.6 Å². The molecule has 1 aliphatic rings. The first-order chi connectivity index (χ1) is 8.15. The van der Waals surface area contributed by atoms with Crippen molar-refractivity contribution in [1.29, 1.82) is 0 Å². The molecule has 4 nitrogen and oxygen atoms in total. The third-order valence-electron chi connectivity index (χ3n) is 2.80. The third kappa shape index (κ3) is 4.24. The van der Waals surface area contributed by atoms with Crippen molar-refractivity contribution in [2.75, 3.05) is 6.54 Å². The third-order valence-corrected chi connectivity index (χ3v) is 3.33. The summed E-state index contributed by atoms with van der Waals surface area (Å²) < 4.78 is 1.02. The normalized spacial score (nSPS) is 22.3. The maximum atomic E-state index is 11.7.